The molecule has 2 aliphatic heterocycles. The SMILES string of the molecule is O=S1(=O)N=C(N2C[C@@H](O)C[C@H]2C2CCCCC2)c2ccccc21. The van der Waals surface area contributed by atoms with Crippen LogP contribution in [0, 0.1) is 5.92 Å². The van der Waals surface area contributed by atoms with Gasteiger partial charge in [-0.15, -0.1) is 4.40 Å². The van der Waals surface area contributed by atoms with Gasteiger partial charge < -0.3 is 10.0 Å². The lowest BCUT2D eigenvalue weighted by Crippen LogP contribution is -2.40. The fourth-order valence-electron chi connectivity index (χ4n) is 4.35. The zero-order valence-electron chi connectivity index (χ0n) is 13.1. The molecule has 5 nitrogen and oxygen atoms in total. The molecule has 4 rings (SSSR count). The van der Waals surface area contributed by atoms with E-state index in [4.69, 9.17) is 0 Å². The molecule has 0 unspecified atom stereocenters. The lowest BCUT2D eigenvalue weighted by Gasteiger charge is -2.34. The van der Waals surface area contributed by atoms with Crippen molar-refractivity contribution in [2.24, 2.45) is 10.3 Å². The summed E-state index contributed by atoms with van der Waals surface area (Å²) >= 11 is 0. The molecule has 3 aliphatic rings. The number of hydrogen-bond acceptors (Lipinski definition) is 4. The highest BCUT2D eigenvalue weighted by atomic mass is 32.2. The molecule has 0 amide bonds. The first kappa shape index (κ1) is 15.1. The van der Waals surface area contributed by atoms with Gasteiger partial charge in [-0.05, 0) is 37.3 Å². The van der Waals surface area contributed by atoms with Crippen molar-refractivity contribution in [2.45, 2.75) is 55.6 Å². The number of nitrogens with zero attached hydrogens (tertiary/aromatic N) is 2. The largest absolute Gasteiger partial charge is 0.391 e. The lowest BCUT2D eigenvalue weighted by molar-refractivity contribution is 0.185. The summed E-state index contributed by atoms with van der Waals surface area (Å²) in [7, 11) is -3.60. The van der Waals surface area contributed by atoms with Crippen LogP contribution in [0.2, 0.25) is 0 Å². The molecule has 124 valence electrons. The molecular weight excluding hydrogens is 312 g/mol. The highest BCUT2D eigenvalue weighted by Crippen LogP contribution is 2.37. The summed E-state index contributed by atoms with van der Waals surface area (Å²) < 4.78 is 28.7. The number of aliphatic hydroxyl groups excluding tert-OH is 1. The molecule has 1 saturated heterocycles. The van der Waals surface area contributed by atoms with Gasteiger partial charge in [0.2, 0.25) is 0 Å². The number of amidine groups is 1. The molecule has 1 N–H and O–H groups in total. The van der Waals surface area contributed by atoms with Crippen LogP contribution < -0.4 is 0 Å². The maximum absolute atomic E-state index is 12.3. The van der Waals surface area contributed by atoms with Crippen LogP contribution in [0.15, 0.2) is 33.6 Å². The lowest BCUT2D eigenvalue weighted by atomic mass is 9.82. The summed E-state index contributed by atoms with van der Waals surface area (Å²) in [6.07, 6.45) is 6.37. The van der Waals surface area contributed by atoms with Crippen molar-refractivity contribution in [3.05, 3.63) is 29.8 Å². The van der Waals surface area contributed by atoms with Crippen LogP contribution in [-0.2, 0) is 10.0 Å². The Morgan fingerprint density at radius 2 is 1.87 bits per heavy atom. The second-order valence-electron chi connectivity index (χ2n) is 6.89. The summed E-state index contributed by atoms with van der Waals surface area (Å²) in [5, 5.41) is 10.2. The zero-order valence-corrected chi connectivity index (χ0v) is 13.9. The van der Waals surface area contributed by atoms with E-state index in [1.165, 1.54) is 19.3 Å². The summed E-state index contributed by atoms with van der Waals surface area (Å²) in [5.41, 5.74) is 0.683. The maximum Gasteiger partial charge on any atom is 0.285 e. The fraction of sp³-hybridized carbons (Fsp3) is 0.588. The number of hydrogen-bond donors (Lipinski definition) is 1. The van der Waals surface area contributed by atoms with Crippen LogP contribution in [0.5, 0.6) is 0 Å². The Morgan fingerprint density at radius 3 is 2.65 bits per heavy atom. The summed E-state index contributed by atoms with van der Waals surface area (Å²) in [4.78, 5) is 2.35. The van der Waals surface area contributed by atoms with Crippen molar-refractivity contribution in [2.75, 3.05) is 6.54 Å². The van der Waals surface area contributed by atoms with Crippen LogP contribution >= 0.6 is 0 Å². The third kappa shape index (κ3) is 2.58. The molecule has 1 saturated carbocycles. The number of benzene rings is 1. The third-order valence-corrected chi connectivity index (χ3v) is 6.73. The Labute approximate surface area is 137 Å². The van der Waals surface area contributed by atoms with Crippen LogP contribution in [0.3, 0.4) is 0 Å². The molecule has 1 aromatic rings. The second-order valence-corrected chi connectivity index (χ2v) is 8.47. The average molecular weight is 334 g/mol. The predicted octanol–water partition coefficient (Wildman–Crippen LogP) is 2.15. The number of aliphatic hydroxyl groups is 1. The number of β-amino-alcohol motifs (C(OH)–C–C–N with tert-alkyl or cyclic N) is 1. The van der Waals surface area contributed by atoms with Gasteiger partial charge in [-0.2, -0.15) is 8.42 Å². The van der Waals surface area contributed by atoms with Crippen molar-refractivity contribution in [3.8, 4) is 0 Å². The van der Waals surface area contributed by atoms with Gasteiger partial charge in [-0.25, -0.2) is 0 Å². The summed E-state index contributed by atoms with van der Waals surface area (Å²) in [6, 6.07) is 7.21. The van der Waals surface area contributed by atoms with Gasteiger partial charge in [-0.3, -0.25) is 0 Å². The Hall–Kier alpha value is -1.40. The van der Waals surface area contributed by atoms with E-state index in [0.29, 0.717) is 35.2 Å². The highest BCUT2D eigenvalue weighted by Gasteiger charge is 2.42. The molecular formula is C17H22N2O3S. The first-order chi connectivity index (χ1) is 11.1. The zero-order chi connectivity index (χ0) is 16.0. The number of likely N-dealkylation sites (tertiary alicyclic amines) is 1. The van der Waals surface area contributed by atoms with Crippen molar-refractivity contribution >= 4 is 15.9 Å². The topological polar surface area (TPSA) is 70.0 Å². The van der Waals surface area contributed by atoms with Gasteiger partial charge in [0, 0.05) is 18.2 Å². The maximum atomic E-state index is 12.3. The molecule has 1 aliphatic carbocycles. The molecule has 0 aromatic heterocycles. The van der Waals surface area contributed by atoms with E-state index in [0.717, 1.165) is 12.8 Å². The van der Waals surface area contributed by atoms with E-state index in [9.17, 15) is 13.5 Å². The Balaban J connectivity index is 1.71. The normalized spacial score (nSPS) is 30.3. The van der Waals surface area contributed by atoms with E-state index in [1.54, 1.807) is 12.1 Å². The molecule has 1 aromatic carbocycles. The minimum Gasteiger partial charge on any atom is -0.391 e. The minimum absolute atomic E-state index is 0.199. The third-order valence-electron chi connectivity index (χ3n) is 5.40. The van der Waals surface area contributed by atoms with Crippen LogP contribution in [0.1, 0.15) is 44.1 Å². The molecule has 2 atom stereocenters. The first-order valence-corrected chi connectivity index (χ1v) is 9.89. The predicted molar refractivity (Wildman–Crippen MR) is 87.9 cm³/mol. The van der Waals surface area contributed by atoms with E-state index in [-0.39, 0.29) is 6.04 Å². The molecule has 6 heteroatoms. The first-order valence-electron chi connectivity index (χ1n) is 8.45. The van der Waals surface area contributed by atoms with Gasteiger partial charge in [0.1, 0.15) is 4.90 Å². The molecule has 23 heavy (non-hydrogen) atoms. The van der Waals surface area contributed by atoms with Crippen molar-refractivity contribution in [1.29, 1.82) is 0 Å². The van der Waals surface area contributed by atoms with Gasteiger partial charge in [0.25, 0.3) is 10.0 Å². The standard InChI is InChI=1S/C17H22N2O3S/c20-13-10-15(12-6-2-1-3-7-12)19(11-13)17-14-8-4-5-9-16(14)23(21,22)18-17/h4-5,8-9,12-13,15,20H,1-3,6-7,10-11H2/t13-,15-/m0/s1. The van der Waals surface area contributed by atoms with Gasteiger partial charge in [0.05, 0.1) is 6.10 Å². The number of sulfonamides is 1. The summed E-state index contributed by atoms with van der Waals surface area (Å²) in [5.74, 6) is 1.06. The molecule has 2 heterocycles. The van der Waals surface area contributed by atoms with Gasteiger partial charge in [0.15, 0.2) is 5.84 Å². The van der Waals surface area contributed by atoms with Crippen molar-refractivity contribution in [1.82, 2.24) is 4.90 Å². The molecule has 2 fully saturated rings. The van der Waals surface area contributed by atoms with E-state index in [1.807, 2.05) is 12.1 Å². The highest BCUT2D eigenvalue weighted by molar-refractivity contribution is 7.90. The van der Waals surface area contributed by atoms with Gasteiger partial charge >= 0.3 is 0 Å². The van der Waals surface area contributed by atoms with E-state index in [2.05, 4.69) is 9.30 Å². The Bertz CT molecular complexity index is 738. The smallest absolute Gasteiger partial charge is 0.285 e. The molecule has 0 bridgehead atoms. The Morgan fingerprint density at radius 1 is 1.13 bits per heavy atom. The number of rotatable bonds is 1. The molecule has 0 radical (unpaired) electrons. The van der Waals surface area contributed by atoms with E-state index >= 15 is 0 Å². The number of fused-ring (bicyclic) bond motifs is 1. The van der Waals surface area contributed by atoms with Gasteiger partial charge in [-0.1, -0.05) is 31.4 Å². The van der Waals surface area contributed by atoms with Crippen LogP contribution in [-0.4, -0.2) is 43.0 Å². The minimum atomic E-state index is -3.60. The van der Waals surface area contributed by atoms with E-state index < -0.39 is 16.1 Å². The summed E-state index contributed by atoms with van der Waals surface area (Å²) in [6.45, 7) is 0.476. The van der Waals surface area contributed by atoms with Crippen LogP contribution in [0.25, 0.3) is 0 Å². The van der Waals surface area contributed by atoms with Crippen molar-refractivity contribution in [3.63, 3.8) is 0 Å². The van der Waals surface area contributed by atoms with Crippen molar-refractivity contribution < 1.29 is 13.5 Å². The quantitative estimate of drug-likeness (QED) is 0.854. The second kappa shape index (κ2) is 5.60. The monoisotopic (exact) mass is 334 g/mol. The Kier molecular flexibility index (Phi) is 3.69. The average Bonchev–Trinajstić information content (AvgIpc) is 3.07. The molecule has 0 spiro atoms. The fourth-order valence-corrected chi connectivity index (χ4v) is 5.57. The van der Waals surface area contributed by atoms with Crippen LogP contribution in [0.4, 0.5) is 0 Å².